The molecule has 0 spiro atoms. The van der Waals surface area contributed by atoms with E-state index in [0.29, 0.717) is 12.0 Å². The second-order valence-electron chi connectivity index (χ2n) is 6.92. The van der Waals surface area contributed by atoms with E-state index in [1.54, 1.807) is 6.92 Å². The summed E-state index contributed by atoms with van der Waals surface area (Å²) in [7, 11) is -3.47. The molecule has 0 saturated heterocycles. The maximum atomic E-state index is 13.9. The van der Waals surface area contributed by atoms with Crippen LogP contribution in [0.15, 0.2) is 47.4 Å². The second kappa shape index (κ2) is 7.27. The zero-order valence-corrected chi connectivity index (χ0v) is 15.2. The molecular formula is C20H20F2O3S. The molecule has 6 heteroatoms. The van der Waals surface area contributed by atoms with E-state index >= 15 is 0 Å². The van der Waals surface area contributed by atoms with Gasteiger partial charge in [0.2, 0.25) is 0 Å². The average molecular weight is 378 g/mol. The third-order valence-corrected chi connectivity index (χ3v) is 6.93. The van der Waals surface area contributed by atoms with Crippen molar-refractivity contribution < 1.29 is 22.0 Å². The number of benzene rings is 2. The molecule has 0 bridgehead atoms. The van der Waals surface area contributed by atoms with E-state index in [-0.39, 0.29) is 33.8 Å². The van der Waals surface area contributed by atoms with Crippen LogP contribution in [0.25, 0.3) is 11.1 Å². The number of carbonyl (C=O) groups is 1. The Balaban J connectivity index is 1.76. The first-order chi connectivity index (χ1) is 12.3. The normalized spacial score (nSPS) is 20.3. The van der Waals surface area contributed by atoms with E-state index in [1.165, 1.54) is 30.3 Å². The number of hydrogen-bond acceptors (Lipinski definition) is 3. The number of rotatable bonds is 5. The van der Waals surface area contributed by atoms with Gasteiger partial charge in [-0.3, -0.25) is 4.79 Å². The first-order valence-electron chi connectivity index (χ1n) is 8.55. The Kier molecular flexibility index (Phi) is 5.23. The maximum Gasteiger partial charge on any atom is 0.178 e. The summed E-state index contributed by atoms with van der Waals surface area (Å²) in [6.07, 6.45) is 2.11. The Morgan fingerprint density at radius 3 is 2.35 bits per heavy atom. The number of halogens is 2. The minimum atomic E-state index is -3.47. The molecule has 1 saturated carbocycles. The summed E-state index contributed by atoms with van der Waals surface area (Å²) in [5.74, 6) is -1.26. The largest absolute Gasteiger partial charge is 0.300 e. The van der Waals surface area contributed by atoms with Crippen LogP contribution in [0.4, 0.5) is 8.78 Å². The first kappa shape index (κ1) is 18.7. The van der Waals surface area contributed by atoms with Gasteiger partial charge in [-0.25, -0.2) is 17.2 Å². The van der Waals surface area contributed by atoms with Crippen LogP contribution in [0.3, 0.4) is 0 Å². The van der Waals surface area contributed by atoms with Gasteiger partial charge in [0.25, 0.3) is 0 Å². The molecule has 1 aliphatic carbocycles. The van der Waals surface area contributed by atoms with Gasteiger partial charge in [0.05, 0.1) is 10.6 Å². The van der Waals surface area contributed by atoms with Crippen LogP contribution in [-0.2, 0) is 14.6 Å². The highest BCUT2D eigenvalue weighted by Gasteiger charge is 2.31. The van der Waals surface area contributed by atoms with Crippen molar-refractivity contribution in [3.8, 4) is 11.1 Å². The summed E-state index contributed by atoms with van der Waals surface area (Å²) in [5, 5.41) is 0. The molecule has 0 heterocycles. The van der Waals surface area contributed by atoms with Gasteiger partial charge in [-0.2, -0.15) is 0 Å². The van der Waals surface area contributed by atoms with Crippen molar-refractivity contribution >= 4 is 15.6 Å². The maximum absolute atomic E-state index is 13.9. The zero-order valence-electron chi connectivity index (χ0n) is 14.4. The summed E-state index contributed by atoms with van der Waals surface area (Å²) in [4.78, 5) is 11.6. The van der Waals surface area contributed by atoms with Crippen molar-refractivity contribution in [2.75, 3.05) is 5.75 Å². The van der Waals surface area contributed by atoms with Gasteiger partial charge < -0.3 is 0 Å². The minimum absolute atomic E-state index is 0.0110. The molecule has 3 rings (SSSR count). The van der Waals surface area contributed by atoms with Gasteiger partial charge in [0.15, 0.2) is 9.84 Å². The fourth-order valence-electron chi connectivity index (χ4n) is 3.57. The quantitative estimate of drug-likeness (QED) is 0.774. The average Bonchev–Trinajstić information content (AvgIpc) is 3.03. The van der Waals surface area contributed by atoms with Crippen molar-refractivity contribution in [1.29, 1.82) is 0 Å². The van der Waals surface area contributed by atoms with Crippen molar-refractivity contribution in [2.45, 2.75) is 31.1 Å². The minimum Gasteiger partial charge on any atom is -0.300 e. The van der Waals surface area contributed by atoms with Crippen LogP contribution in [0, 0.1) is 23.5 Å². The van der Waals surface area contributed by atoms with E-state index < -0.39 is 21.5 Å². The Labute approximate surface area is 152 Å². The molecule has 2 unspecified atom stereocenters. The molecule has 0 radical (unpaired) electrons. The lowest BCUT2D eigenvalue weighted by atomic mass is 10.0. The molecule has 1 aliphatic rings. The molecule has 2 atom stereocenters. The third-order valence-electron chi connectivity index (χ3n) is 5.03. The lowest BCUT2D eigenvalue weighted by Gasteiger charge is -2.11. The lowest BCUT2D eigenvalue weighted by molar-refractivity contribution is -0.120. The topological polar surface area (TPSA) is 51.2 Å². The van der Waals surface area contributed by atoms with Gasteiger partial charge in [-0.15, -0.1) is 0 Å². The highest BCUT2D eigenvalue weighted by Crippen LogP contribution is 2.34. The molecule has 2 aromatic carbocycles. The van der Waals surface area contributed by atoms with Crippen molar-refractivity contribution in [1.82, 2.24) is 0 Å². The number of sulfone groups is 1. The molecule has 3 nitrogen and oxygen atoms in total. The fraction of sp³-hybridized carbons (Fsp3) is 0.350. The molecule has 26 heavy (non-hydrogen) atoms. The van der Waals surface area contributed by atoms with Crippen LogP contribution in [0.1, 0.15) is 26.2 Å². The lowest BCUT2D eigenvalue weighted by Crippen LogP contribution is -2.15. The third kappa shape index (κ3) is 4.01. The van der Waals surface area contributed by atoms with Gasteiger partial charge in [-0.1, -0.05) is 12.1 Å². The van der Waals surface area contributed by atoms with E-state index in [9.17, 15) is 22.0 Å². The Morgan fingerprint density at radius 1 is 1.08 bits per heavy atom. The van der Waals surface area contributed by atoms with E-state index in [1.807, 2.05) is 0 Å². The van der Waals surface area contributed by atoms with Crippen LogP contribution in [-0.4, -0.2) is 20.0 Å². The summed E-state index contributed by atoms with van der Waals surface area (Å²) < 4.78 is 52.1. The van der Waals surface area contributed by atoms with Gasteiger partial charge in [0.1, 0.15) is 17.4 Å². The second-order valence-corrected chi connectivity index (χ2v) is 8.95. The van der Waals surface area contributed by atoms with Crippen LogP contribution >= 0.6 is 0 Å². The van der Waals surface area contributed by atoms with Crippen LogP contribution in [0.2, 0.25) is 0 Å². The molecule has 2 aromatic rings. The SMILES string of the molecule is CC(=O)C1CCC(CS(=O)(=O)c2ccc(-c3ccc(F)cc3F)cc2)C1. The summed E-state index contributed by atoms with van der Waals surface area (Å²) in [6, 6.07) is 9.23. The number of Topliss-reactive ketones (excluding diaryl/α,β-unsaturated/α-hetero) is 1. The van der Waals surface area contributed by atoms with Crippen molar-refractivity contribution in [3.63, 3.8) is 0 Å². The molecule has 0 amide bonds. The van der Waals surface area contributed by atoms with E-state index in [2.05, 4.69) is 0 Å². The van der Waals surface area contributed by atoms with Crippen molar-refractivity contribution in [3.05, 3.63) is 54.1 Å². The standard InChI is InChI=1S/C20H20F2O3S/c1-13(23)16-3-2-14(10-16)12-26(24,25)18-7-4-15(5-8-18)19-9-6-17(21)11-20(19)22/h4-9,11,14,16H,2-3,10,12H2,1H3. The smallest absolute Gasteiger partial charge is 0.178 e. The van der Waals surface area contributed by atoms with Crippen molar-refractivity contribution in [2.24, 2.45) is 11.8 Å². The number of hydrogen-bond donors (Lipinski definition) is 0. The predicted molar refractivity (Wildman–Crippen MR) is 95.4 cm³/mol. The van der Waals surface area contributed by atoms with Gasteiger partial charge >= 0.3 is 0 Å². The van der Waals surface area contributed by atoms with Crippen LogP contribution < -0.4 is 0 Å². The Hall–Kier alpha value is -2.08. The Bertz CT molecular complexity index is 921. The van der Waals surface area contributed by atoms with Gasteiger partial charge in [0, 0.05) is 17.5 Å². The zero-order chi connectivity index (χ0) is 18.9. The van der Waals surface area contributed by atoms with Gasteiger partial charge in [-0.05, 0) is 61.9 Å². The van der Waals surface area contributed by atoms with E-state index in [4.69, 9.17) is 0 Å². The number of carbonyl (C=O) groups excluding carboxylic acids is 1. The molecule has 1 fully saturated rings. The fourth-order valence-corrected chi connectivity index (χ4v) is 5.23. The molecule has 0 aromatic heterocycles. The first-order valence-corrected chi connectivity index (χ1v) is 10.2. The predicted octanol–water partition coefficient (Wildman–Crippen LogP) is 4.41. The molecular weight excluding hydrogens is 358 g/mol. The molecule has 0 aliphatic heterocycles. The monoisotopic (exact) mass is 378 g/mol. The number of ketones is 1. The summed E-state index contributed by atoms with van der Waals surface area (Å²) in [5.41, 5.74) is 0.703. The van der Waals surface area contributed by atoms with Crippen LogP contribution in [0.5, 0.6) is 0 Å². The highest BCUT2D eigenvalue weighted by molar-refractivity contribution is 7.91. The Morgan fingerprint density at radius 2 is 1.77 bits per heavy atom. The van der Waals surface area contributed by atoms with E-state index in [0.717, 1.165) is 25.0 Å². The summed E-state index contributed by atoms with van der Waals surface area (Å²) in [6.45, 7) is 1.55. The molecule has 138 valence electrons. The highest BCUT2D eigenvalue weighted by atomic mass is 32.2. The summed E-state index contributed by atoms with van der Waals surface area (Å²) >= 11 is 0. The molecule has 0 N–H and O–H groups in total.